The number of aliphatic hydroxyl groups is 1. The van der Waals surface area contributed by atoms with Gasteiger partial charge in [-0.15, -0.1) is 0 Å². The molecule has 2 N–H and O–H groups in total. The highest BCUT2D eigenvalue weighted by Crippen LogP contribution is 2.47. The lowest BCUT2D eigenvalue weighted by molar-refractivity contribution is -0.137. The fraction of sp³-hybridized carbons (Fsp3) is 0.444. The lowest BCUT2D eigenvalue weighted by atomic mass is 9.75. The molecule has 1 fully saturated rings. The van der Waals surface area contributed by atoms with Crippen molar-refractivity contribution in [3.05, 3.63) is 46.3 Å². The Bertz CT molecular complexity index is 809. The molecule has 146 valence electrons. The van der Waals surface area contributed by atoms with E-state index in [1.165, 1.54) is 18.4 Å². The van der Waals surface area contributed by atoms with Crippen LogP contribution in [0.5, 0.6) is 0 Å². The molecule has 0 radical (unpaired) electrons. The number of nitrogens with zero attached hydrogens (tertiary/aromatic N) is 1. The van der Waals surface area contributed by atoms with Gasteiger partial charge in [0.2, 0.25) is 0 Å². The van der Waals surface area contributed by atoms with Gasteiger partial charge in [-0.1, -0.05) is 29.6 Å². The maximum atomic E-state index is 13.3. The van der Waals surface area contributed by atoms with E-state index in [4.69, 9.17) is 11.6 Å². The van der Waals surface area contributed by atoms with Crippen LogP contribution in [0.25, 0.3) is 0 Å². The molecular formula is C18H18ClF3N2O3. The third-order valence-electron chi connectivity index (χ3n) is 4.92. The molecule has 0 unspecified atom stereocenters. The molecule has 1 aromatic heterocycles. The van der Waals surface area contributed by atoms with E-state index < -0.39 is 22.7 Å². The standard InChI is InChI=1S/C18H18ClF3N2O3/c19-16-12(18(20,21)22)5-6-13(23-17(26)14-7-8-27-24-14)15(16)11-4-2-1-3-10(11)9-25/h5-8,10-11,25H,1-4,9H2,(H,23,26)/t10-,11+/m0/s1. The van der Waals surface area contributed by atoms with E-state index in [9.17, 15) is 23.1 Å². The number of carbonyl (C=O) groups excluding carboxylic acids is 1. The van der Waals surface area contributed by atoms with Gasteiger partial charge < -0.3 is 14.9 Å². The zero-order valence-corrected chi connectivity index (χ0v) is 15.0. The second kappa shape index (κ2) is 7.90. The van der Waals surface area contributed by atoms with Crippen molar-refractivity contribution in [3.8, 4) is 0 Å². The Hall–Kier alpha value is -2.06. The molecule has 1 aliphatic carbocycles. The number of hydrogen-bond acceptors (Lipinski definition) is 4. The van der Waals surface area contributed by atoms with Gasteiger partial charge >= 0.3 is 6.18 Å². The Labute approximate surface area is 158 Å². The van der Waals surface area contributed by atoms with Gasteiger partial charge in [0.25, 0.3) is 5.91 Å². The number of anilines is 1. The second-order valence-corrected chi connectivity index (χ2v) is 6.94. The van der Waals surface area contributed by atoms with Gasteiger partial charge in [0.1, 0.15) is 6.26 Å². The Morgan fingerprint density at radius 1 is 1.30 bits per heavy atom. The molecule has 1 heterocycles. The molecule has 0 aliphatic heterocycles. The monoisotopic (exact) mass is 402 g/mol. The summed E-state index contributed by atoms with van der Waals surface area (Å²) < 4.78 is 44.7. The quantitative estimate of drug-likeness (QED) is 0.765. The minimum absolute atomic E-state index is 0.000627. The highest BCUT2D eigenvalue weighted by Gasteiger charge is 2.38. The van der Waals surface area contributed by atoms with Crippen LogP contribution in [-0.4, -0.2) is 22.8 Å². The SMILES string of the molecule is O=C(Nc1ccc(C(F)(F)F)c(Cl)c1[C@@H]1CCCC[C@H]1CO)c1ccon1. The zero-order chi connectivity index (χ0) is 19.6. The van der Waals surface area contributed by atoms with Gasteiger partial charge in [-0.05, 0) is 42.4 Å². The summed E-state index contributed by atoms with van der Waals surface area (Å²) in [6.45, 7) is -0.159. The number of benzene rings is 1. The topological polar surface area (TPSA) is 75.4 Å². The molecule has 2 aromatic rings. The van der Waals surface area contributed by atoms with Crippen molar-refractivity contribution >= 4 is 23.2 Å². The van der Waals surface area contributed by atoms with Crippen LogP contribution in [0.1, 0.15) is 53.2 Å². The number of amides is 1. The summed E-state index contributed by atoms with van der Waals surface area (Å²) in [5.41, 5.74) is -0.561. The molecule has 9 heteroatoms. The normalized spacial score (nSPS) is 20.5. The first-order valence-electron chi connectivity index (χ1n) is 8.55. The number of halogens is 4. The van der Waals surface area contributed by atoms with E-state index in [1.54, 1.807) is 0 Å². The number of rotatable bonds is 4. The third-order valence-corrected chi connectivity index (χ3v) is 5.33. The van der Waals surface area contributed by atoms with Crippen LogP contribution in [0.2, 0.25) is 5.02 Å². The third kappa shape index (κ3) is 4.11. The molecule has 2 atom stereocenters. The zero-order valence-electron chi connectivity index (χ0n) is 14.2. The lowest BCUT2D eigenvalue weighted by Gasteiger charge is -2.33. The molecule has 5 nitrogen and oxygen atoms in total. The van der Waals surface area contributed by atoms with Gasteiger partial charge in [-0.3, -0.25) is 4.79 Å². The number of nitrogens with one attached hydrogen (secondary N) is 1. The van der Waals surface area contributed by atoms with Crippen LogP contribution in [0, 0.1) is 5.92 Å². The average Bonchev–Trinajstić information content (AvgIpc) is 3.16. The Morgan fingerprint density at radius 2 is 2.04 bits per heavy atom. The molecule has 1 amide bonds. The Kier molecular flexibility index (Phi) is 5.76. The first kappa shape index (κ1) is 19.7. The van der Waals surface area contributed by atoms with Crippen molar-refractivity contribution in [1.29, 1.82) is 0 Å². The predicted molar refractivity (Wildman–Crippen MR) is 92.7 cm³/mol. The summed E-state index contributed by atoms with van der Waals surface area (Å²) in [7, 11) is 0. The van der Waals surface area contributed by atoms with E-state index in [0.29, 0.717) is 12.8 Å². The van der Waals surface area contributed by atoms with Crippen molar-refractivity contribution in [2.45, 2.75) is 37.8 Å². The van der Waals surface area contributed by atoms with Gasteiger partial charge in [0.15, 0.2) is 5.69 Å². The van der Waals surface area contributed by atoms with Crippen LogP contribution in [0.15, 0.2) is 29.0 Å². The van der Waals surface area contributed by atoms with Gasteiger partial charge in [0, 0.05) is 18.4 Å². The predicted octanol–water partition coefficient (Wildman–Crippen LogP) is 4.87. The molecule has 27 heavy (non-hydrogen) atoms. The summed E-state index contributed by atoms with van der Waals surface area (Å²) >= 11 is 6.18. The number of carbonyl (C=O) groups is 1. The van der Waals surface area contributed by atoms with Gasteiger partial charge in [-0.2, -0.15) is 13.2 Å². The maximum Gasteiger partial charge on any atom is 0.417 e. The molecule has 1 saturated carbocycles. The number of alkyl halides is 3. The van der Waals surface area contributed by atoms with E-state index in [2.05, 4.69) is 15.0 Å². The molecule has 1 aliphatic rings. The smallest absolute Gasteiger partial charge is 0.396 e. The van der Waals surface area contributed by atoms with E-state index in [0.717, 1.165) is 18.9 Å². The fourth-order valence-corrected chi connectivity index (χ4v) is 4.02. The first-order valence-corrected chi connectivity index (χ1v) is 8.93. The lowest BCUT2D eigenvalue weighted by Crippen LogP contribution is -2.24. The van der Waals surface area contributed by atoms with E-state index in [1.807, 2.05) is 0 Å². The number of hydrogen-bond donors (Lipinski definition) is 2. The van der Waals surface area contributed by atoms with Crippen molar-refractivity contribution < 1.29 is 27.6 Å². The summed E-state index contributed by atoms with van der Waals surface area (Å²) in [4.78, 5) is 12.3. The van der Waals surface area contributed by atoms with Crippen molar-refractivity contribution in [2.24, 2.45) is 5.92 Å². The highest BCUT2D eigenvalue weighted by molar-refractivity contribution is 6.33. The molecule has 0 saturated heterocycles. The average molecular weight is 403 g/mol. The van der Waals surface area contributed by atoms with Crippen LogP contribution >= 0.6 is 11.6 Å². The van der Waals surface area contributed by atoms with E-state index in [-0.39, 0.29) is 35.4 Å². The van der Waals surface area contributed by atoms with Crippen molar-refractivity contribution in [3.63, 3.8) is 0 Å². The first-order chi connectivity index (χ1) is 12.8. The van der Waals surface area contributed by atoms with Crippen molar-refractivity contribution in [1.82, 2.24) is 5.16 Å². The summed E-state index contributed by atoms with van der Waals surface area (Å²) in [6, 6.07) is 3.39. The maximum absolute atomic E-state index is 13.3. The molecule has 1 aromatic carbocycles. The van der Waals surface area contributed by atoms with E-state index >= 15 is 0 Å². The number of aromatic nitrogens is 1. The number of aliphatic hydroxyl groups excluding tert-OH is 1. The van der Waals surface area contributed by atoms with Crippen LogP contribution in [-0.2, 0) is 6.18 Å². The minimum Gasteiger partial charge on any atom is -0.396 e. The van der Waals surface area contributed by atoms with Crippen LogP contribution in [0.3, 0.4) is 0 Å². The second-order valence-electron chi connectivity index (χ2n) is 6.56. The Morgan fingerprint density at radius 3 is 2.67 bits per heavy atom. The van der Waals surface area contributed by atoms with Crippen molar-refractivity contribution in [2.75, 3.05) is 11.9 Å². The van der Waals surface area contributed by atoms with Gasteiger partial charge in [-0.25, -0.2) is 0 Å². The van der Waals surface area contributed by atoms with Gasteiger partial charge in [0.05, 0.1) is 10.6 Å². The fourth-order valence-electron chi connectivity index (χ4n) is 3.61. The summed E-state index contributed by atoms with van der Waals surface area (Å²) in [6.07, 6.45) is -0.435. The van der Waals surface area contributed by atoms with Crippen LogP contribution in [0.4, 0.5) is 18.9 Å². The molecule has 0 bridgehead atoms. The minimum atomic E-state index is -4.62. The summed E-state index contributed by atoms with van der Waals surface area (Å²) in [5, 5.41) is 15.4. The molecular weight excluding hydrogens is 385 g/mol. The highest BCUT2D eigenvalue weighted by atomic mass is 35.5. The summed E-state index contributed by atoms with van der Waals surface area (Å²) in [5.74, 6) is -1.22. The largest absolute Gasteiger partial charge is 0.417 e. The molecule has 0 spiro atoms. The Balaban J connectivity index is 2.06. The molecule has 3 rings (SSSR count). The van der Waals surface area contributed by atoms with Crippen LogP contribution < -0.4 is 5.32 Å².